The van der Waals surface area contributed by atoms with Crippen LogP contribution in [0.1, 0.15) is 40.7 Å². The number of pyridine rings is 1. The predicted octanol–water partition coefficient (Wildman–Crippen LogP) is 2.65. The van der Waals surface area contributed by atoms with Crippen LogP contribution in [-0.2, 0) is 22.7 Å². The van der Waals surface area contributed by atoms with Crippen molar-refractivity contribution in [2.75, 3.05) is 13.1 Å². The van der Waals surface area contributed by atoms with Gasteiger partial charge in [-0.15, -0.1) is 0 Å². The van der Waals surface area contributed by atoms with Crippen LogP contribution in [0.25, 0.3) is 10.8 Å². The number of imide groups is 1. The summed E-state index contributed by atoms with van der Waals surface area (Å²) in [6, 6.07) is 13.5. The first kappa shape index (κ1) is 21.7. The second-order valence-corrected chi connectivity index (χ2v) is 9.54. The van der Waals surface area contributed by atoms with Gasteiger partial charge >= 0.3 is 0 Å². The fourth-order valence-corrected chi connectivity index (χ4v) is 5.34. The zero-order valence-corrected chi connectivity index (χ0v) is 19.3. The molecule has 0 aliphatic carbocycles. The Morgan fingerprint density at radius 1 is 1.03 bits per heavy atom. The van der Waals surface area contributed by atoms with Gasteiger partial charge in [-0.25, -0.2) is 0 Å². The van der Waals surface area contributed by atoms with Gasteiger partial charge in [0.2, 0.25) is 11.8 Å². The molecule has 1 aromatic heterocycles. The first-order valence-corrected chi connectivity index (χ1v) is 12.0. The van der Waals surface area contributed by atoms with Crippen molar-refractivity contribution < 1.29 is 19.1 Å². The smallest absolute Gasteiger partial charge is 0.255 e. The number of likely N-dealkylation sites (tertiary alicyclic amines) is 1. The average molecular weight is 471 g/mol. The van der Waals surface area contributed by atoms with Crippen LogP contribution in [-0.4, -0.2) is 57.7 Å². The summed E-state index contributed by atoms with van der Waals surface area (Å²) in [7, 11) is 0. The maximum Gasteiger partial charge on any atom is 0.255 e. The number of carbonyl (C=O) groups is 3. The number of hydrogen-bond donors (Lipinski definition) is 1. The molecule has 0 bridgehead atoms. The van der Waals surface area contributed by atoms with Crippen molar-refractivity contribution in [1.29, 1.82) is 0 Å². The normalized spacial score (nSPS) is 22.5. The SMILES string of the molecule is O=C1CCC(N2Cc3cc(O[C@H]4CCN(Cc5ccc6ccncc6c5)C4)ccc3C2=O)C(=O)N1. The molecule has 3 aliphatic rings. The summed E-state index contributed by atoms with van der Waals surface area (Å²) in [6.07, 6.45) is 5.34. The highest BCUT2D eigenvalue weighted by Crippen LogP contribution is 2.31. The maximum atomic E-state index is 12.9. The highest BCUT2D eigenvalue weighted by molar-refractivity contribution is 6.05. The Labute approximate surface area is 202 Å². The third-order valence-electron chi connectivity index (χ3n) is 7.14. The van der Waals surface area contributed by atoms with Crippen molar-refractivity contribution in [2.45, 2.75) is 44.5 Å². The van der Waals surface area contributed by atoms with Crippen LogP contribution in [0, 0.1) is 0 Å². The molecule has 8 nitrogen and oxygen atoms in total. The summed E-state index contributed by atoms with van der Waals surface area (Å²) >= 11 is 0. The van der Waals surface area contributed by atoms with Crippen molar-refractivity contribution in [1.82, 2.24) is 20.1 Å². The molecule has 2 fully saturated rings. The number of carbonyl (C=O) groups excluding carboxylic acids is 3. The molecule has 8 heteroatoms. The summed E-state index contributed by atoms with van der Waals surface area (Å²) in [5.41, 5.74) is 2.72. The van der Waals surface area contributed by atoms with E-state index in [1.807, 2.05) is 30.6 Å². The molecule has 2 aromatic carbocycles. The number of hydrogen-bond acceptors (Lipinski definition) is 6. The Bertz CT molecular complexity index is 1340. The van der Waals surface area contributed by atoms with Gasteiger partial charge in [0.1, 0.15) is 17.9 Å². The fourth-order valence-electron chi connectivity index (χ4n) is 5.34. The molecule has 0 saturated carbocycles. The molecule has 0 radical (unpaired) electrons. The second kappa shape index (κ2) is 8.78. The number of nitrogens with one attached hydrogen (secondary N) is 1. The molecule has 3 aliphatic heterocycles. The third kappa shape index (κ3) is 4.25. The van der Waals surface area contributed by atoms with Gasteiger partial charge in [-0.2, -0.15) is 0 Å². The van der Waals surface area contributed by atoms with E-state index in [-0.39, 0.29) is 24.3 Å². The number of benzene rings is 2. The van der Waals surface area contributed by atoms with Gasteiger partial charge in [-0.05, 0) is 59.7 Å². The van der Waals surface area contributed by atoms with Crippen LogP contribution in [0.5, 0.6) is 5.75 Å². The zero-order valence-electron chi connectivity index (χ0n) is 19.3. The van der Waals surface area contributed by atoms with E-state index in [1.165, 1.54) is 10.9 Å². The lowest BCUT2D eigenvalue weighted by Crippen LogP contribution is -2.52. The number of piperidine rings is 1. The minimum Gasteiger partial charge on any atom is -0.489 e. The molecule has 2 saturated heterocycles. The molecule has 35 heavy (non-hydrogen) atoms. The number of ether oxygens (including phenoxy) is 1. The van der Waals surface area contributed by atoms with Crippen molar-refractivity contribution in [3.63, 3.8) is 0 Å². The Morgan fingerprint density at radius 3 is 2.83 bits per heavy atom. The highest BCUT2D eigenvalue weighted by atomic mass is 16.5. The van der Waals surface area contributed by atoms with E-state index in [1.54, 1.807) is 11.0 Å². The van der Waals surface area contributed by atoms with E-state index in [0.29, 0.717) is 18.5 Å². The number of fused-ring (bicyclic) bond motifs is 2. The van der Waals surface area contributed by atoms with E-state index in [0.717, 1.165) is 42.8 Å². The minimum atomic E-state index is -0.605. The summed E-state index contributed by atoms with van der Waals surface area (Å²) in [5.74, 6) is -0.106. The first-order chi connectivity index (χ1) is 17.0. The van der Waals surface area contributed by atoms with Crippen molar-refractivity contribution in [2.24, 2.45) is 0 Å². The molecule has 2 atom stereocenters. The molecular formula is C27H26N4O4. The topological polar surface area (TPSA) is 91.8 Å². The van der Waals surface area contributed by atoms with Gasteiger partial charge in [-0.1, -0.05) is 12.1 Å². The molecular weight excluding hydrogens is 444 g/mol. The second-order valence-electron chi connectivity index (χ2n) is 9.54. The van der Waals surface area contributed by atoms with Crippen LogP contribution in [0.2, 0.25) is 0 Å². The Balaban J connectivity index is 1.08. The highest BCUT2D eigenvalue weighted by Gasteiger charge is 2.39. The van der Waals surface area contributed by atoms with E-state index in [9.17, 15) is 14.4 Å². The van der Waals surface area contributed by atoms with E-state index in [4.69, 9.17) is 4.74 Å². The largest absolute Gasteiger partial charge is 0.489 e. The first-order valence-electron chi connectivity index (χ1n) is 12.0. The lowest BCUT2D eigenvalue weighted by molar-refractivity contribution is -0.136. The molecule has 0 spiro atoms. The van der Waals surface area contributed by atoms with Crippen molar-refractivity contribution in [3.8, 4) is 5.75 Å². The van der Waals surface area contributed by atoms with E-state index < -0.39 is 11.9 Å². The number of amides is 3. The molecule has 1 unspecified atom stereocenters. The molecule has 3 amide bonds. The average Bonchev–Trinajstić information content (AvgIpc) is 3.42. The number of rotatable bonds is 5. The quantitative estimate of drug-likeness (QED) is 0.577. The van der Waals surface area contributed by atoms with Gasteiger partial charge in [0.15, 0.2) is 0 Å². The lowest BCUT2D eigenvalue weighted by Gasteiger charge is -2.29. The van der Waals surface area contributed by atoms with E-state index in [2.05, 4.69) is 33.4 Å². The lowest BCUT2D eigenvalue weighted by atomic mass is 10.0. The van der Waals surface area contributed by atoms with Gasteiger partial charge in [0.05, 0.1) is 0 Å². The molecule has 4 heterocycles. The van der Waals surface area contributed by atoms with Crippen LogP contribution >= 0.6 is 0 Å². The van der Waals surface area contributed by atoms with Crippen molar-refractivity contribution >= 4 is 28.5 Å². The molecule has 178 valence electrons. The number of nitrogens with zero attached hydrogens (tertiary/aromatic N) is 3. The predicted molar refractivity (Wildman–Crippen MR) is 129 cm³/mol. The van der Waals surface area contributed by atoms with Crippen LogP contribution in [0.4, 0.5) is 0 Å². The summed E-state index contributed by atoms with van der Waals surface area (Å²) in [6.45, 7) is 3.02. The van der Waals surface area contributed by atoms with E-state index >= 15 is 0 Å². The number of aromatic nitrogens is 1. The van der Waals surface area contributed by atoms with Crippen LogP contribution < -0.4 is 10.1 Å². The van der Waals surface area contributed by atoms with Crippen LogP contribution in [0.15, 0.2) is 54.9 Å². The molecule has 1 N–H and O–H groups in total. The van der Waals surface area contributed by atoms with Gasteiger partial charge in [0, 0.05) is 55.9 Å². The summed E-state index contributed by atoms with van der Waals surface area (Å²) in [5, 5.41) is 4.68. The minimum absolute atomic E-state index is 0.0820. The Kier molecular flexibility index (Phi) is 5.45. The fraction of sp³-hybridized carbons (Fsp3) is 0.333. The molecule has 6 rings (SSSR count). The molecule has 3 aromatic rings. The van der Waals surface area contributed by atoms with Gasteiger partial charge in [-0.3, -0.25) is 29.6 Å². The third-order valence-corrected chi connectivity index (χ3v) is 7.14. The monoisotopic (exact) mass is 470 g/mol. The Morgan fingerprint density at radius 2 is 1.94 bits per heavy atom. The Hall–Kier alpha value is -3.78. The van der Waals surface area contributed by atoms with Crippen molar-refractivity contribution in [3.05, 3.63) is 71.5 Å². The zero-order chi connectivity index (χ0) is 23.9. The van der Waals surface area contributed by atoms with Crippen LogP contribution in [0.3, 0.4) is 0 Å². The van der Waals surface area contributed by atoms with Gasteiger partial charge < -0.3 is 9.64 Å². The standard InChI is InChI=1S/C27H26N4O4/c32-25-6-5-24(26(33)29-25)31-15-20-12-21(3-4-23(20)27(31)34)35-22-8-10-30(16-22)14-17-1-2-18-7-9-28-13-19(18)11-17/h1-4,7,9,11-13,22,24H,5-6,8,10,14-16H2,(H,29,32,33)/t22-,24?/m0/s1. The van der Waals surface area contributed by atoms with Gasteiger partial charge in [0.25, 0.3) is 5.91 Å². The summed E-state index contributed by atoms with van der Waals surface area (Å²) < 4.78 is 6.28. The summed E-state index contributed by atoms with van der Waals surface area (Å²) in [4.78, 5) is 44.8. The maximum absolute atomic E-state index is 12.9.